The van der Waals surface area contributed by atoms with E-state index in [9.17, 15) is 0 Å². The Hall–Kier alpha value is -5.04. The zero-order valence-corrected chi connectivity index (χ0v) is 35.0. The molecule has 0 fully saturated rings. The van der Waals surface area contributed by atoms with E-state index in [2.05, 4.69) is 168 Å². The predicted molar refractivity (Wildman–Crippen MR) is 231 cm³/mol. The predicted octanol–water partition coefficient (Wildman–Crippen LogP) is 11.2. The molecule has 2 aliphatic rings. The van der Waals surface area contributed by atoms with Crippen molar-refractivity contribution in [3.8, 4) is 22.3 Å². The summed E-state index contributed by atoms with van der Waals surface area (Å²) < 4.78 is 1.76. The molecule has 278 valence electrons. The average Bonchev–Trinajstić information content (AvgIpc) is 3.73. The molecule has 7 rings (SSSR count). The zero-order chi connectivity index (χ0) is 39.0. The molecule has 3 aromatic heterocycles. The number of hydrogen-bond donors (Lipinski definition) is 2. The third-order valence-electron chi connectivity index (χ3n) is 11.6. The minimum absolute atomic E-state index is 0.876. The highest BCUT2D eigenvalue weighted by Gasteiger charge is 2.25. The fraction of sp³-hybridized carbons (Fsp3) is 0.333. The van der Waals surface area contributed by atoms with E-state index in [-0.39, 0.29) is 0 Å². The van der Waals surface area contributed by atoms with Gasteiger partial charge in [0, 0.05) is 33.3 Å². The van der Waals surface area contributed by atoms with Crippen molar-refractivity contribution in [2.24, 2.45) is 0 Å². The van der Waals surface area contributed by atoms with Crippen LogP contribution in [-0.4, -0.2) is 71.2 Å². The number of benzene rings is 2. The topological polar surface area (TPSA) is 57.4 Å². The van der Waals surface area contributed by atoms with Gasteiger partial charge in [-0.25, -0.2) is 9.97 Å². The maximum absolute atomic E-state index is 5.46. The Bertz CT molecular complexity index is 2440. The van der Waals surface area contributed by atoms with Crippen LogP contribution in [0.25, 0.3) is 66.6 Å². The minimum Gasteiger partial charge on any atom is -0.354 e. The van der Waals surface area contributed by atoms with E-state index in [0.29, 0.717) is 0 Å². The van der Waals surface area contributed by atoms with Crippen molar-refractivity contribution < 1.29 is 8.97 Å². The quantitative estimate of drug-likeness (QED) is 0.172. The smallest absolute Gasteiger partial charge is 0.104 e. The van der Waals surface area contributed by atoms with E-state index in [4.69, 9.17) is 9.97 Å². The van der Waals surface area contributed by atoms with Gasteiger partial charge in [-0.1, -0.05) is 48.5 Å². The van der Waals surface area contributed by atoms with Crippen LogP contribution in [0.3, 0.4) is 0 Å². The molecule has 0 saturated carbocycles. The number of aryl methyl sites for hydroxylation is 4. The fourth-order valence-corrected chi connectivity index (χ4v) is 8.02. The summed E-state index contributed by atoms with van der Waals surface area (Å²) in [4.78, 5) is 18.8. The summed E-state index contributed by atoms with van der Waals surface area (Å²) in [6.07, 6.45) is 0. The van der Waals surface area contributed by atoms with E-state index in [1.54, 1.807) is 0 Å². The largest absolute Gasteiger partial charge is 0.354 e. The molecule has 5 heterocycles. The molecule has 2 aliphatic heterocycles. The summed E-state index contributed by atoms with van der Waals surface area (Å²) in [5.74, 6) is 0. The van der Waals surface area contributed by atoms with Crippen molar-refractivity contribution in [1.82, 2.24) is 19.9 Å². The number of allylic oxidation sites excluding steroid dienone is 4. The van der Waals surface area contributed by atoms with E-state index >= 15 is 0 Å². The van der Waals surface area contributed by atoms with Crippen molar-refractivity contribution >= 4 is 44.4 Å². The van der Waals surface area contributed by atoms with E-state index < -0.39 is 0 Å². The molecule has 0 unspecified atom stereocenters. The monoisotopic (exact) mass is 718 g/mol. The van der Waals surface area contributed by atoms with Gasteiger partial charge in [0.15, 0.2) is 0 Å². The van der Waals surface area contributed by atoms with Crippen molar-refractivity contribution in [2.75, 3.05) is 42.3 Å². The molecule has 0 amide bonds. The summed E-state index contributed by atoms with van der Waals surface area (Å²) >= 11 is 0. The Morgan fingerprint density at radius 1 is 0.444 bits per heavy atom. The average molecular weight is 719 g/mol. The molecule has 2 aromatic carbocycles. The van der Waals surface area contributed by atoms with Crippen LogP contribution in [0.15, 0.2) is 60.7 Å². The number of hydrogen-bond acceptors (Lipinski definition) is 2. The lowest BCUT2D eigenvalue weighted by Gasteiger charge is -2.24. The van der Waals surface area contributed by atoms with Gasteiger partial charge in [-0.3, -0.25) is 0 Å². The van der Waals surface area contributed by atoms with Crippen LogP contribution in [0.1, 0.15) is 83.9 Å². The molecule has 5 aromatic rings. The van der Waals surface area contributed by atoms with Crippen LogP contribution in [0, 0.1) is 27.7 Å². The van der Waals surface area contributed by atoms with Crippen LogP contribution in [-0.2, 0) is 13.1 Å². The molecular formula is C48H58N6+2. The minimum atomic E-state index is 0.876. The number of nitrogens with zero attached hydrogens (tertiary/aromatic N) is 4. The van der Waals surface area contributed by atoms with Crippen LogP contribution in [0.4, 0.5) is 0 Å². The van der Waals surface area contributed by atoms with Gasteiger partial charge in [-0.2, -0.15) is 0 Å². The maximum Gasteiger partial charge on any atom is 0.104 e. The van der Waals surface area contributed by atoms with Crippen LogP contribution in [0.5, 0.6) is 0 Å². The second-order valence-electron chi connectivity index (χ2n) is 17.8. The van der Waals surface area contributed by atoms with Gasteiger partial charge in [0.1, 0.15) is 13.1 Å². The van der Waals surface area contributed by atoms with Crippen molar-refractivity contribution in [3.05, 3.63) is 117 Å². The molecule has 0 spiro atoms. The van der Waals surface area contributed by atoms with Crippen molar-refractivity contribution in [2.45, 2.75) is 68.5 Å². The molecule has 54 heavy (non-hydrogen) atoms. The Kier molecular flexibility index (Phi) is 9.23. The Morgan fingerprint density at radius 2 is 0.796 bits per heavy atom. The van der Waals surface area contributed by atoms with Gasteiger partial charge in [-0.05, 0) is 123 Å². The zero-order valence-electron chi connectivity index (χ0n) is 35.0. The third-order valence-corrected chi connectivity index (χ3v) is 11.6. The third kappa shape index (κ3) is 6.78. The highest BCUT2D eigenvalue weighted by molar-refractivity contribution is 6.03. The second kappa shape index (κ2) is 13.4. The molecule has 8 bridgehead atoms. The highest BCUT2D eigenvalue weighted by atomic mass is 15.3. The Balaban J connectivity index is 1.60. The molecular weight excluding hydrogens is 661 g/mol. The SMILES string of the molecule is CC1=C(C)c2nc1cc1[nH]c(c(C)c1C)c(-c1ccc(C[N+](C)(C)C)cc1)c1[nH]c(cc3nc(c2-c2ccc(C[N+](C)(C)C)cc2)C(C)=C3C)c(C)c1C. The number of nitrogens with one attached hydrogen (secondary N) is 2. The molecule has 0 radical (unpaired) electrons. The standard InChI is InChI=1S/C48H58N6/c1-27-31(5)45-43(37-19-15-35(16-20-37)25-53(9,10)11)46-33(7)29(3)41(51-46)24-42-30(4)34(8)48(52-42)44(38-21-17-36(18-22-38)26-54(12,13)14)47-32(6)28(2)40(50-47)23-39(27)49-45/h15-24,49,51H,25-26H2,1-14H3/q+2. The number of aromatic nitrogens is 4. The van der Waals surface area contributed by atoms with Crippen molar-refractivity contribution in [1.29, 1.82) is 0 Å². The van der Waals surface area contributed by atoms with E-state index in [0.717, 1.165) is 78.0 Å². The molecule has 0 saturated heterocycles. The first kappa shape index (κ1) is 37.3. The lowest BCUT2D eigenvalue weighted by molar-refractivity contribution is -0.884. The summed E-state index contributed by atoms with van der Waals surface area (Å²) in [6, 6.07) is 22.7. The Morgan fingerprint density at radius 3 is 1.15 bits per heavy atom. The van der Waals surface area contributed by atoms with E-state index in [1.807, 2.05) is 0 Å². The van der Waals surface area contributed by atoms with Crippen molar-refractivity contribution in [3.63, 3.8) is 0 Å². The van der Waals surface area contributed by atoms with Gasteiger partial charge in [-0.15, -0.1) is 0 Å². The first-order valence-corrected chi connectivity index (χ1v) is 19.2. The first-order chi connectivity index (χ1) is 25.3. The van der Waals surface area contributed by atoms with Gasteiger partial charge in [0.25, 0.3) is 0 Å². The van der Waals surface area contributed by atoms with Crippen LogP contribution >= 0.6 is 0 Å². The normalized spacial score (nSPS) is 13.7. The highest BCUT2D eigenvalue weighted by Crippen LogP contribution is 2.43. The summed E-state index contributed by atoms with van der Waals surface area (Å²) in [5.41, 5.74) is 25.3. The number of fused-ring (bicyclic) bond motifs is 8. The Labute approximate surface area is 322 Å². The number of rotatable bonds is 6. The summed E-state index contributed by atoms with van der Waals surface area (Å²) in [6.45, 7) is 19.7. The fourth-order valence-electron chi connectivity index (χ4n) is 8.02. The summed E-state index contributed by atoms with van der Waals surface area (Å²) in [5, 5.41) is 0. The number of aromatic amines is 2. The number of quaternary nitrogens is 2. The lowest BCUT2D eigenvalue weighted by atomic mass is 9.94. The molecule has 6 nitrogen and oxygen atoms in total. The molecule has 6 heteroatoms. The summed E-state index contributed by atoms with van der Waals surface area (Å²) in [7, 11) is 13.4. The van der Waals surface area contributed by atoms with E-state index in [1.165, 1.54) is 66.8 Å². The lowest BCUT2D eigenvalue weighted by Crippen LogP contribution is -2.33. The molecule has 0 aliphatic carbocycles. The molecule has 2 N–H and O–H groups in total. The number of H-pyrrole nitrogens is 2. The van der Waals surface area contributed by atoms with Crippen LogP contribution in [0.2, 0.25) is 0 Å². The van der Waals surface area contributed by atoms with Gasteiger partial charge in [0.05, 0.1) is 76.1 Å². The van der Waals surface area contributed by atoms with Gasteiger partial charge in [0.2, 0.25) is 0 Å². The van der Waals surface area contributed by atoms with Gasteiger partial charge >= 0.3 is 0 Å². The second-order valence-corrected chi connectivity index (χ2v) is 17.8. The molecule has 0 atom stereocenters. The maximum atomic E-state index is 5.46. The van der Waals surface area contributed by atoms with Crippen LogP contribution < -0.4 is 0 Å². The van der Waals surface area contributed by atoms with Gasteiger partial charge < -0.3 is 18.9 Å². The first-order valence-electron chi connectivity index (χ1n) is 19.2.